The van der Waals surface area contributed by atoms with Crippen LogP contribution in [-0.4, -0.2) is 24.6 Å². The summed E-state index contributed by atoms with van der Waals surface area (Å²) in [5.41, 5.74) is 1.70. The number of hydrogen-bond acceptors (Lipinski definition) is 4. The van der Waals surface area contributed by atoms with E-state index >= 15 is 0 Å². The fourth-order valence-corrected chi connectivity index (χ4v) is 3.49. The predicted molar refractivity (Wildman–Crippen MR) is 84.4 cm³/mol. The number of rotatable bonds is 6. The van der Waals surface area contributed by atoms with E-state index in [9.17, 15) is 4.79 Å². The van der Waals surface area contributed by atoms with Gasteiger partial charge in [-0.25, -0.2) is 9.78 Å². The Morgan fingerprint density at radius 3 is 2.76 bits per heavy atom. The van der Waals surface area contributed by atoms with Gasteiger partial charge < -0.3 is 10.1 Å². The standard InChI is InChI=1S/C17H26N2O2/c1-13(2)11-17(7-4-5-8-17)12-19-14-6-9-18-15(10-14)16(20)21-3/h6,9-10,13H,4-5,7-8,11-12H2,1-3H3,(H,18,19). The molecule has 1 aliphatic rings. The summed E-state index contributed by atoms with van der Waals surface area (Å²) in [5, 5.41) is 3.50. The van der Waals surface area contributed by atoms with Gasteiger partial charge in [-0.3, -0.25) is 0 Å². The lowest BCUT2D eigenvalue weighted by atomic mass is 9.78. The first-order valence-corrected chi connectivity index (χ1v) is 7.83. The number of aromatic nitrogens is 1. The zero-order chi connectivity index (χ0) is 15.3. The molecule has 4 nitrogen and oxygen atoms in total. The molecule has 4 heteroatoms. The number of carbonyl (C=O) groups excluding carboxylic acids is 1. The van der Waals surface area contributed by atoms with E-state index in [-0.39, 0.29) is 0 Å². The second-order valence-corrected chi connectivity index (χ2v) is 6.58. The summed E-state index contributed by atoms with van der Waals surface area (Å²) in [7, 11) is 1.38. The third kappa shape index (κ3) is 4.19. The van der Waals surface area contributed by atoms with Gasteiger partial charge in [0.15, 0.2) is 0 Å². The van der Waals surface area contributed by atoms with Crippen LogP contribution in [0.5, 0.6) is 0 Å². The van der Waals surface area contributed by atoms with E-state index in [0.717, 1.165) is 12.2 Å². The van der Waals surface area contributed by atoms with Crippen LogP contribution in [0.15, 0.2) is 18.3 Å². The molecule has 0 radical (unpaired) electrons. The Morgan fingerprint density at radius 1 is 1.43 bits per heavy atom. The highest BCUT2D eigenvalue weighted by Gasteiger charge is 2.34. The van der Waals surface area contributed by atoms with Gasteiger partial charge >= 0.3 is 5.97 Å². The van der Waals surface area contributed by atoms with E-state index < -0.39 is 5.97 Å². The zero-order valence-corrected chi connectivity index (χ0v) is 13.3. The molecule has 1 N–H and O–H groups in total. The first kappa shape index (κ1) is 15.8. The number of ether oxygens (including phenoxy) is 1. The molecule has 2 rings (SSSR count). The maximum absolute atomic E-state index is 11.5. The number of hydrogen-bond donors (Lipinski definition) is 1. The molecule has 1 aliphatic carbocycles. The van der Waals surface area contributed by atoms with Gasteiger partial charge in [-0.05, 0) is 42.7 Å². The first-order valence-electron chi connectivity index (χ1n) is 7.83. The van der Waals surface area contributed by atoms with Crippen LogP contribution in [0.3, 0.4) is 0 Å². The molecular weight excluding hydrogens is 264 g/mol. The van der Waals surface area contributed by atoms with Crippen LogP contribution >= 0.6 is 0 Å². The maximum atomic E-state index is 11.5. The van der Waals surface area contributed by atoms with E-state index in [4.69, 9.17) is 4.74 Å². The molecular formula is C17H26N2O2. The molecule has 0 spiro atoms. The Morgan fingerprint density at radius 2 is 2.14 bits per heavy atom. The van der Waals surface area contributed by atoms with Crippen molar-refractivity contribution in [3.8, 4) is 0 Å². The Kier molecular flexibility index (Phi) is 5.21. The minimum atomic E-state index is -0.392. The SMILES string of the molecule is COC(=O)c1cc(NCC2(CC(C)C)CCCC2)ccn1. The predicted octanol–water partition coefficient (Wildman–Crippen LogP) is 3.89. The van der Waals surface area contributed by atoms with Crippen molar-refractivity contribution in [2.75, 3.05) is 19.0 Å². The van der Waals surface area contributed by atoms with E-state index in [1.54, 1.807) is 12.3 Å². The fraction of sp³-hybridized carbons (Fsp3) is 0.647. The second-order valence-electron chi connectivity index (χ2n) is 6.58. The van der Waals surface area contributed by atoms with Crippen LogP contribution < -0.4 is 5.32 Å². The molecule has 0 saturated heterocycles. The highest BCUT2D eigenvalue weighted by atomic mass is 16.5. The summed E-state index contributed by atoms with van der Waals surface area (Å²) in [5.74, 6) is 0.324. The van der Waals surface area contributed by atoms with Crippen LogP contribution in [-0.2, 0) is 4.74 Å². The molecule has 116 valence electrons. The molecule has 1 aromatic heterocycles. The topological polar surface area (TPSA) is 51.2 Å². The van der Waals surface area contributed by atoms with Crippen molar-refractivity contribution >= 4 is 11.7 Å². The number of pyridine rings is 1. The fourth-order valence-electron chi connectivity index (χ4n) is 3.49. The van der Waals surface area contributed by atoms with E-state index in [2.05, 4.69) is 24.1 Å². The average molecular weight is 290 g/mol. The molecule has 1 heterocycles. The van der Waals surface area contributed by atoms with Crippen molar-refractivity contribution in [2.45, 2.75) is 46.0 Å². The van der Waals surface area contributed by atoms with Crippen molar-refractivity contribution in [3.63, 3.8) is 0 Å². The van der Waals surface area contributed by atoms with E-state index in [0.29, 0.717) is 17.0 Å². The Hall–Kier alpha value is -1.58. The Balaban J connectivity index is 2.02. The molecule has 1 fully saturated rings. The summed E-state index contributed by atoms with van der Waals surface area (Å²) in [6.07, 6.45) is 8.17. The van der Waals surface area contributed by atoms with Gasteiger partial charge in [0, 0.05) is 18.4 Å². The molecule has 0 bridgehead atoms. The van der Waals surface area contributed by atoms with Crippen molar-refractivity contribution in [1.29, 1.82) is 0 Å². The lowest BCUT2D eigenvalue weighted by Gasteiger charge is -2.31. The van der Waals surface area contributed by atoms with Crippen molar-refractivity contribution in [1.82, 2.24) is 4.98 Å². The third-order valence-corrected chi connectivity index (χ3v) is 4.33. The molecule has 21 heavy (non-hydrogen) atoms. The lowest BCUT2D eigenvalue weighted by molar-refractivity contribution is 0.0594. The maximum Gasteiger partial charge on any atom is 0.356 e. The monoisotopic (exact) mass is 290 g/mol. The van der Waals surface area contributed by atoms with Gasteiger partial charge in [0.2, 0.25) is 0 Å². The summed E-state index contributed by atoms with van der Waals surface area (Å²) in [6, 6.07) is 3.67. The Bertz CT molecular complexity index is 479. The van der Waals surface area contributed by atoms with Crippen molar-refractivity contribution in [2.24, 2.45) is 11.3 Å². The van der Waals surface area contributed by atoms with Gasteiger partial charge in [0.1, 0.15) is 5.69 Å². The third-order valence-electron chi connectivity index (χ3n) is 4.33. The molecule has 0 aliphatic heterocycles. The molecule has 1 aromatic rings. The van der Waals surface area contributed by atoms with Crippen LogP contribution in [0.4, 0.5) is 5.69 Å². The average Bonchev–Trinajstić information content (AvgIpc) is 2.92. The van der Waals surface area contributed by atoms with Gasteiger partial charge in [-0.2, -0.15) is 0 Å². The Labute approximate surface area is 127 Å². The van der Waals surface area contributed by atoms with Crippen LogP contribution in [0.25, 0.3) is 0 Å². The number of anilines is 1. The van der Waals surface area contributed by atoms with E-state index in [1.807, 2.05) is 6.07 Å². The first-order chi connectivity index (χ1) is 10.0. The largest absolute Gasteiger partial charge is 0.464 e. The van der Waals surface area contributed by atoms with Gasteiger partial charge in [0.05, 0.1) is 7.11 Å². The van der Waals surface area contributed by atoms with Crippen LogP contribution in [0, 0.1) is 11.3 Å². The molecule has 0 atom stereocenters. The minimum absolute atomic E-state index is 0.354. The summed E-state index contributed by atoms with van der Waals surface area (Å²) < 4.78 is 4.71. The second kappa shape index (κ2) is 6.92. The number of nitrogens with zero attached hydrogens (tertiary/aromatic N) is 1. The number of methoxy groups -OCH3 is 1. The van der Waals surface area contributed by atoms with Crippen molar-refractivity contribution in [3.05, 3.63) is 24.0 Å². The highest BCUT2D eigenvalue weighted by molar-refractivity contribution is 5.88. The van der Waals surface area contributed by atoms with Crippen LogP contribution in [0.2, 0.25) is 0 Å². The molecule has 1 saturated carbocycles. The van der Waals surface area contributed by atoms with Crippen LogP contribution in [0.1, 0.15) is 56.4 Å². The van der Waals surface area contributed by atoms with Gasteiger partial charge in [-0.1, -0.05) is 26.7 Å². The smallest absolute Gasteiger partial charge is 0.356 e. The van der Waals surface area contributed by atoms with Gasteiger partial charge in [-0.15, -0.1) is 0 Å². The quantitative estimate of drug-likeness (QED) is 0.808. The number of esters is 1. The normalized spacial score (nSPS) is 17.0. The summed E-state index contributed by atoms with van der Waals surface area (Å²) in [4.78, 5) is 15.6. The molecule has 0 aromatic carbocycles. The minimum Gasteiger partial charge on any atom is -0.464 e. The number of carbonyl (C=O) groups is 1. The zero-order valence-electron chi connectivity index (χ0n) is 13.3. The summed E-state index contributed by atoms with van der Waals surface area (Å²) >= 11 is 0. The van der Waals surface area contributed by atoms with Crippen molar-refractivity contribution < 1.29 is 9.53 Å². The van der Waals surface area contributed by atoms with Gasteiger partial charge in [0.25, 0.3) is 0 Å². The summed E-state index contributed by atoms with van der Waals surface area (Å²) in [6.45, 7) is 5.56. The number of nitrogens with one attached hydrogen (secondary N) is 1. The van der Waals surface area contributed by atoms with E-state index in [1.165, 1.54) is 39.2 Å². The highest BCUT2D eigenvalue weighted by Crippen LogP contribution is 2.43. The molecule has 0 unspecified atom stereocenters. The molecule has 0 amide bonds. The lowest BCUT2D eigenvalue weighted by Crippen LogP contribution is -2.28.